The average Bonchev–Trinajstić information content (AvgIpc) is 3.24. The van der Waals surface area contributed by atoms with Gasteiger partial charge in [0.1, 0.15) is 5.60 Å². The third-order valence-electron chi connectivity index (χ3n) is 5.83. The van der Waals surface area contributed by atoms with E-state index in [1.807, 2.05) is 43.3 Å². The van der Waals surface area contributed by atoms with Crippen molar-refractivity contribution in [2.75, 3.05) is 6.54 Å². The number of ether oxygens (including phenoxy) is 1. The largest absolute Gasteiger partial charge is 0.550 e. The van der Waals surface area contributed by atoms with E-state index in [9.17, 15) is 14.7 Å². The van der Waals surface area contributed by atoms with Gasteiger partial charge in [-0.3, -0.25) is 4.79 Å². The Kier molecular flexibility index (Phi) is 3.99. The molecule has 3 aliphatic rings. The maximum atomic E-state index is 13.2. The van der Waals surface area contributed by atoms with E-state index in [0.29, 0.717) is 19.4 Å². The molecule has 26 heavy (non-hydrogen) atoms. The molecule has 0 N–H and O–H groups in total. The van der Waals surface area contributed by atoms with Gasteiger partial charge in [0.15, 0.2) is 0 Å². The lowest BCUT2D eigenvalue weighted by Crippen LogP contribution is -2.46. The lowest BCUT2D eigenvalue weighted by molar-refractivity contribution is -0.313. The summed E-state index contributed by atoms with van der Waals surface area (Å²) in [6.45, 7) is 6.45. The number of nitrogens with zero attached hydrogens (tertiary/aromatic N) is 1. The van der Waals surface area contributed by atoms with Crippen molar-refractivity contribution in [3.05, 3.63) is 60.2 Å². The SMILES string of the molecule is C=C(C)C[C@H]1N(CCc2ccccc2)C(=O)[C@H]2[C@H](C(=O)[O-])[C@@H]3C=C[C@]21O3. The zero-order chi connectivity index (χ0) is 18.5. The average molecular weight is 352 g/mol. The third kappa shape index (κ3) is 2.42. The van der Waals surface area contributed by atoms with Crippen molar-refractivity contribution in [1.29, 1.82) is 0 Å². The molecule has 4 rings (SSSR count). The van der Waals surface area contributed by atoms with E-state index in [-0.39, 0.29) is 11.9 Å². The molecule has 0 aromatic heterocycles. The monoisotopic (exact) mass is 352 g/mol. The fourth-order valence-electron chi connectivity index (χ4n) is 4.75. The first-order valence-electron chi connectivity index (χ1n) is 9.01. The summed E-state index contributed by atoms with van der Waals surface area (Å²) in [7, 11) is 0. The van der Waals surface area contributed by atoms with Crippen LogP contribution in [-0.4, -0.2) is 41.1 Å². The predicted molar refractivity (Wildman–Crippen MR) is 93.8 cm³/mol. The van der Waals surface area contributed by atoms with Crippen LogP contribution in [0.3, 0.4) is 0 Å². The Hall–Kier alpha value is -2.40. The van der Waals surface area contributed by atoms with Crippen LogP contribution in [0.2, 0.25) is 0 Å². The van der Waals surface area contributed by atoms with E-state index in [4.69, 9.17) is 4.74 Å². The molecule has 136 valence electrons. The molecule has 3 aliphatic heterocycles. The second kappa shape index (κ2) is 6.09. The van der Waals surface area contributed by atoms with Crippen LogP contribution in [-0.2, 0) is 20.7 Å². The number of fused-ring (bicyclic) bond motifs is 1. The molecule has 5 heteroatoms. The third-order valence-corrected chi connectivity index (χ3v) is 5.83. The predicted octanol–water partition coefficient (Wildman–Crippen LogP) is 1.10. The van der Waals surface area contributed by atoms with E-state index in [2.05, 4.69) is 6.58 Å². The van der Waals surface area contributed by atoms with Crippen molar-refractivity contribution in [1.82, 2.24) is 4.90 Å². The number of likely N-dealkylation sites (tertiary alicyclic amines) is 1. The van der Waals surface area contributed by atoms with Gasteiger partial charge in [0.25, 0.3) is 0 Å². The Morgan fingerprint density at radius 2 is 2.08 bits per heavy atom. The highest BCUT2D eigenvalue weighted by Crippen LogP contribution is 2.55. The number of amides is 1. The summed E-state index contributed by atoms with van der Waals surface area (Å²) in [6.07, 6.45) is 4.41. The van der Waals surface area contributed by atoms with Gasteiger partial charge in [-0.25, -0.2) is 0 Å². The Labute approximate surface area is 152 Å². The minimum absolute atomic E-state index is 0.145. The van der Waals surface area contributed by atoms with Crippen LogP contribution >= 0.6 is 0 Å². The molecule has 0 aliphatic carbocycles. The summed E-state index contributed by atoms with van der Waals surface area (Å²) >= 11 is 0. The van der Waals surface area contributed by atoms with Gasteiger partial charge < -0.3 is 19.5 Å². The Balaban J connectivity index is 1.65. The van der Waals surface area contributed by atoms with Gasteiger partial charge in [0.2, 0.25) is 5.91 Å². The summed E-state index contributed by atoms with van der Waals surface area (Å²) in [5, 5.41) is 11.7. The molecule has 1 aromatic rings. The number of carboxylic acids is 1. The van der Waals surface area contributed by atoms with Crippen LogP contribution in [0.15, 0.2) is 54.6 Å². The smallest absolute Gasteiger partial charge is 0.230 e. The number of carbonyl (C=O) groups excluding carboxylic acids is 2. The fraction of sp³-hybridized carbons (Fsp3) is 0.429. The number of rotatable bonds is 6. The summed E-state index contributed by atoms with van der Waals surface area (Å²) in [6, 6.07) is 9.73. The molecule has 3 heterocycles. The molecular formula is C21H22NO4-. The molecule has 0 saturated carbocycles. The van der Waals surface area contributed by atoms with Crippen molar-refractivity contribution in [2.45, 2.75) is 37.5 Å². The number of carboxylic acid groups (broad SMARTS) is 1. The Bertz CT molecular complexity index is 786. The summed E-state index contributed by atoms with van der Waals surface area (Å²) < 4.78 is 6.09. The van der Waals surface area contributed by atoms with Gasteiger partial charge in [-0.05, 0) is 25.3 Å². The van der Waals surface area contributed by atoms with E-state index < -0.39 is 29.5 Å². The molecule has 5 nitrogen and oxygen atoms in total. The Morgan fingerprint density at radius 3 is 2.73 bits per heavy atom. The minimum atomic E-state index is -1.21. The molecule has 2 fully saturated rings. The van der Waals surface area contributed by atoms with Crippen LogP contribution in [0.5, 0.6) is 0 Å². The van der Waals surface area contributed by atoms with Gasteiger partial charge in [-0.1, -0.05) is 48.1 Å². The second-order valence-electron chi connectivity index (χ2n) is 7.56. The van der Waals surface area contributed by atoms with Gasteiger partial charge in [0.05, 0.1) is 18.1 Å². The minimum Gasteiger partial charge on any atom is -0.550 e. The number of hydrogen-bond donors (Lipinski definition) is 0. The van der Waals surface area contributed by atoms with E-state index >= 15 is 0 Å². The second-order valence-corrected chi connectivity index (χ2v) is 7.56. The fourth-order valence-corrected chi connectivity index (χ4v) is 4.75. The Morgan fingerprint density at radius 1 is 1.35 bits per heavy atom. The topological polar surface area (TPSA) is 69.7 Å². The summed E-state index contributed by atoms with van der Waals surface area (Å²) in [4.78, 5) is 26.7. The molecule has 1 amide bonds. The van der Waals surface area contributed by atoms with Crippen LogP contribution in [0.25, 0.3) is 0 Å². The molecule has 0 radical (unpaired) electrons. The van der Waals surface area contributed by atoms with E-state index in [0.717, 1.165) is 11.1 Å². The maximum Gasteiger partial charge on any atom is 0.230 e. The number of hydrogen-bond acceptors (Lipinski definition) is 4. The van der Waals surface area contributed by atoms with Crippen molar-refractivity contribution < 1.29 is 19.4 Å². The zero-order valence-corrected chi connectivity index (χ0v) is 14.8. The maximum absolute atomic E-state index is 13.2. The lowest BCUT2D eigenvalue weighted by atomic mass is 9.74. The first-order valence-corrected chi connectivity index (χ1v) is 9.01. The molecule has 0 unspecified atom stereocenters. The van der Waals surface area contributed by atoms with Crippen LogP contribution in [0.4, 0.5) is 0 Å². The summed E-state index contributed by atoms with van der Waals surface area (Å²) in [5.41, 5.74) is 1.21. The molecular weight excluding hydrogens is 330 g/mol. The van der Waals surface area contributed by atoms with Crippen LogP contribution in [0.1, 0.15) is 18.9 Å². The first-order chi connectivity index (χ1) is 12.4. The first kappa shape index (κ1) is 17.0. The normalized spacial score (nSPS) is 34.3. The highest BCUT2D eigenvalue weighted by atomic mass is 16.5. The quantitative estimate of drug-likeness (QED) is 0.719. The molecule has 1 aromatic carbocycles. The van der Waals surface area contributed by atoms with Gasteiger partial charge in [-0.2, -0.15) is 0 Å². The summed E-state index contributed by atoms with van der Waals surface area (Å²) in [5.74, 6) is -2.98. The zero-order valence-electron chi connectivity index (χ0n) is 14.8. The van der Waals surface area contributed by atoms with Crippen molar-refractivity contribution in [3.63, 3.8) is 0 Å². The van der Waals surface area contributed by atoms with Gasteiger partial charge >= 0.3 is 0 Å². The number of benzene rings is 1. The van der Waals surface area contributed by atoms with Gasteiger partial charge in [-0.15, -0.1) is 6.58 Å². The standard InChI is InChI=1S/C21H23NO4/c1-13(2)12-16-21-10-8-15(26-21)17(20(24)25)18(21)19(23)22(16)11-9-14-6-4-3-5-7-14/h3-8,10,15-18H,1,9,11-12H2,2H3,(H,24,25)/p-1/t15-,16+,17+,18+,21+/m0/s1. The molecule has 2 saturated heterocycles. The highest BCUT2D eigenvalue weighted by molar-refractivity contribution is 5.91. The lowest BCUT2D eigenvalue weighted by Gasteiger charge is -2.33. The van der Waals surface area contributed by atoms with Crippen LogP contribution < -0.4 is 5.11 Å². The van der Waals surface area contributed by atoms with Gasteiger partial charge in [0, 0.05) is 18.4 Å². The van der Waals surface area contributed by atoms with Crippen molar-refractivity contribution in [3.8, 4) is 0 Å². The number of carbonyl (C=O) groups is 2. The highest BCUT2D eigenvalue weighted by Gasteiger charge is 2.69. The van der Waals surface area contributed by atoms with Crippen molar-refractivity contribution >= 4 is 11.9 Å². The van der Waals surface area contributed by atoms with E-state index in [1.54, 1.807) is 11.0 Å². The molecule has 1 spiro atoms. The molecule has 2 bridgehead atoms. The van der Waals surface area contributed by atoms with Crippen LogP contribution in [0, 0.1) is 11.8 Å². The van der Waals surface area contributed by atoms with E-state index in [1.165, 1.54) is 0 Å². The number of aliphatic carboxylic acids is 1. The van der Waals surface area contributed by atoms with Crippen molar-refractivity contribution in [2.24, 2.45) is 11.8 Å². The molecule has 5 atom stereocenters.